The molecular formula is C9H12FNO2. The highest BCUT2D eigenvalue weighted by Crippen LogP contribution is 2.11. The van der Waals surface area contributed by atoms with E-state index in [0.717, 1.165) is 0 Å². The van der Waals surface area contributed by atoms with Gasteiger partial charge < -0.3 is 15.6 Å². The van der Waals surface area contributed by atoms with Crippen molar-refractivity contribution >= 4 is 0 Å². The van der Waals surface area contributed by atoms with Crippen LogP contribution in [0.3, 0.4) is 0 Å². The van der Waals surface area contributed by atoms with Gasteiger partial charge in [0.2, 0.25) is 0 Å². The minimum Gasteiger partial charge on any atom is -0.491 e. The van der Waals surface area contributed by atoms with Crippen molar-refractivity contribution in [2.24, 2.45) is 5.73 Å². The zero-order valence-corrected chi connectivity index (χ0v) is 7.11. The molecule has 3 N–H and O–H groups in total. The van der Waals surface area contributed by atoms with Gasteiger partial charge in [0.15, 0.2) is 0 Å². The van der Waals surface area contributed by atoms with Gasteiger partial charge in [0.1, 0.15) is 24.3 Å². The van der Waals surface area contributed by atoms with E-state index in [1.807, 2.05) is 0 Å². The monoisotopic (exact) mass is 185 g/mol. The Kier molecular flexibility index (Phi) is 3.67. The van der Waals surface area contributed by atoms with Gasteiger partial charge in [-0.2, -0.15) is 0 Å². The molecule has 0 fully saturated rings. The summed E-state index contributed by atoms with van der Waals surface area (Å²) in [4.78, 5) is 0. The highest BCUT2D eigenvalue weighted by molar-refractivity contribution is 5.22. The first-order valence-corrected chi connectivity index (χ1v) is 3.99. The number of rotatable bonds is 4. The fraction of sp³-hybridized carbons (Fsp3) is 0.333. The molecule has 0 radical (unpaired) electrons. The van der Waals surface area contributed by atoms with Crippen LogP contribution in [0, 0.1) is 5.82 Å². The molecule has 0 heterocycles. The quantitative estimate of drug-likeness (QED) is 0.719. The number of ether oxygens (including phenoxy) is 1. The molecule has 0 aliphatic carbocycles. The number of aliphatic hydroxyl groups is 1. The molecule has 1 aromatic carbocycles. The number of hydrogen-bond acceptors (Lipinski definition) is 3. The molecule has 0 saturated carbocycles. The maximum atomic E-state index is 12.6. The molecule has 1 rings (SSSR count). The molecule has 1 aromatic rings. The number of hydrogen-bond donors (Lipinski definition) is 2. The number of halogens is 1. The second kappa shape index (κ2) is 4.79. The van der Waals surface area contributed by atoms with Gasteiger partial charge in [0.05, 0.1) is 0 Å². The molecule has 0 aliphatic rings. The first-order valence-electron chi connectivity index (χ1n) is 3.99. The van der Waals surface area contributed by atoms with Gasteiger partial charge in [0, 0.05) is 12.6 Å². The summed E-state index contributed by atoms with van der Waals surface area (Å²) in [6.07, 6.45) is -0.705. The lowest BCUT2D eigenvalue weighted by Crippen LogP contribution is -2.26. The molecule has 1 atom stereocenters. The Bertz CT molecular complexity index is 268. The SMILES string of the molecule is NC[C@@H](O)COc1cccc(F)c1. The van der Waals surface area contributed by atoms with Crippen molar-refractivity contribution in [3.05, 3.63) is 30.1 Å². The van der Waals surface area contributed by atoms with E-state index in [1.54, 1.807) is 12.1 Å². The Morgan fingerprint density at radius 2 is 2.31 bits per heavy atom. The third kappa shape index (κ3) is 3.40. The molecule has 0 saturated heterocycles. The summed E-state index contributed by atoms with van der Waals surface area (Å²) in [5.74, 6) is 0.0345. The average Bonchev–Trinajstić information content (AvgIpc) is 2.14. The van der Waals surface area contributed by atoms with Crippen LogP contribution in [0.15, 0.2) is 24.3 Å². The van der Waals surface area contributed by atoms with E-state index in [-0.39, 0.29) is 19.0 Å². The van der Waals surface area contributed by atoms with Gasteiger partial charge in [-0.05, 0) is 12.1 Å². The first kappa shape index (κ1) is 9.95. The number of benzene rings is 1. The zero-order chi connectivity index (χ0) is 9.68. The molecule has 72 valence electrons. The Morgan fingerprint density at radius 3 is 2.92 bits per heavy atom. The van der Waals surface area contributed by atoms with Crippen LogP contribution in [0.5, 0.6) is 5.75 Å². The van der Waals surface area contributed by atoms with Crippen molar-refractivity contribution in [2.45, 2.75) is 6.10 Å². The fourth-order valence-electron chi connectivity index (χ4n) is 0.817. The Morgan fingerprint density at radius 1 is 1.54 bits per heavy atom. The Labute approximate surface area is 75.9 Å². The molecule has 0 aromatic heterocycles. The summed E-state index contributed by atoms with van der Waals surface area (Å²) in [5.41, 5.74) is 5.16. The molecule has 0 aliphatic heterocycles. The van der Waals surface area contributed by atoms with Crippen LogP contribution in [-0.4, -0.2) is 24.4 Å². The van der Waals surface area contributed by atoms with Crippen LogP contribution < -0.4 is 10.5 Å². The number of nitrogens with two attached hydrogens (primary N) is 1. The third-order valence-corrected chi connectivity index (χ3v) is 1.51. The smallest absolute Gasteiger partial charge is 0.126 e. The van der Waals surface area contributed by atoms with Crippen LogP contribution in [0.4, 0.5) is 4.39 Å². The van der Waals surface area contributed by atoms with E-state index in [4.69, 9.17) is 15.6 Å². The molecule has 0 unspecified atom stereocenters. The van der Waals surface area contributed by atoms with Gasteiger partial charge in [-0.3, -0.25) is 0 Å². The van der Waals surface area contributed by atoms with E-state index in [1.165, 1.54) is 12.1 Å². The summed E-state index contributed by atoms with van der Waals surface area (Å²) in [6, 6.07) is 5.74. The fourth-order valence-corrected chi connectivity index (χ4v) is 0.817. The van der Waals surface area contributed by atoms with Crippen molar-refractivity contribution in [3.63, 3.8) is 0 Å². The maximum absolute atomic E-state index is 12.6. The highest BCUT2D eigenvalue weighted by Gasteiger charge is 2.02. The Balaban J connectivity index is 2.45. The molecule has 0 bridgehead atoms. The lowest BCUT2D eigenvalue weighted by Gasteiger charge is -2.09. The van der Waals surface area contributed by atoms with Crippen LogP contribution in [0.1, 0.15) is 0 Å². The predicted molar refractivity (Wildman–Crippen MR) is 47.0 cm³/mol. The van der Waals surface area contributed by atoms with Crippen LogP contribution >= 0.6 is 0 Å². The summed E-state index contributed by atoms with van der Waals surface area (Å²) in [5, 5.41) is 9.04. The van der Waals surface area contributed by atoms with Crippen molar-refractivity contribution in [2.75, 3.05) is 13.2 Å². The second-order valence-corrected chi connectivity index (χ2v) is 2.66. The van der Waals surface area contributed by atoms with Gasteiger partial charge in [-0.1, -0.05) is 6.07 Å². The number of aliphatic hydroxyl groups excluding tert-OH is 1. The third-order valence-electron chi connectivity index (χ3n) is 1.51. The first-order chi connectivity index (χ1) is 6.22. The molecule has 0 amide bonds. The summed E-state index contributed by atoms with van der Waals surface area (Å²) in [6.45, 7) is 0.218. The van der Waals surface area contributed by atoms with Crippen molar-refractivity contribution in [1.82, 2.24) is 0 Å². The van der Waals surface area contributed by atoms with E-state index in [0.29, 0.717) is 5.75 Å². The van der Waals surface area contributed by atoms with E-state index in [2.05, 4.69) is 0 Å². The molecule has 4 heteroatoms. The summed E-state index contributed by atoms with van der Waals surface area (Å²) >= 11 is 0. The van der Waals surface area contributed by atoms with Crippen LogP contribution in [0.2, 0.25) is 0 Å². The van der Waals surface area contributed by atoms with E-state index >= 15 is 0 Å². The summed E-state index contributed by atoms with van der Waals surface area (Å²) < 4.78 is 17.7. The van der Waals surface area contributed by atoms with Crippen molar-refractivity contribution < 1.29 is 14.2 Å². The van der Waals surface area contributed by atoms with E-state index < -0.39 is 6.10 Å². The normalized spacial score (nSPS) is 12.5. The minimum atomic E-state index is -0.705. The predicted octanol–water partition coefficient (Wildman–Crippen LogP) is 0.524. The average molecular weight is 185 g/mol. The lowest BCUT2D eigenvalue weighted by atomic mass is 10.3. The Hall–Kier alpha value is -1.13. The molecule has 13 heavy (non-hydrogen) atoms. The van der Waals surface area contributed by atoms with Crippen LogP contribution in [-0.2, 0) is 0 Å². The lowest BCUT2D eigenvalue weighted by molar-refractivity contribution is 0.114. The largest absolute Gasteiger partial charge is 0.491 e. The van der Waals surface area contributed by atoms with Crippen molar-refractivity contribution in [3.8, 4) is 5.75 Å². The second-order valence-electron chi connectivity index (χ2n) is 2.66. The van der Waals surface area contributed by atoms with Gasteiger partial charge in [-0.25, -0.2) is 4.39 Å². The molecular weight excluding hydrogens is 173 g/mol. The summed E-state index contributed by atoms with van der Waals surface area (Å²) in [7, 11) is 0. The topological polar surface area (TPSA) is 55.5 Å². The van der Waals surface area contributed by atoms with Gasteiger partial charge >= 0.3 is 0 Å². The van der Waals surface area contributed by atoms with Crippen molar-refractivity contribution in [1.29, 1.82) is 0 Å². The van der Waals surface area contributed by atoms with E-state index in [9.17, 15) is 4.39 Å². The maximum Gasteiger partial charge on any atom is 0.126 e. The standard InChI is InChI=1S/C9H12FNO2/c10-7-2-1-3-9(4-7)13-6-8(12)5-11/h1-4,8,12H,5-6,11H2/t8-/m1/s1. The van der Waals surface area contributed by atoms with Gasteiger partial charge in [-0.15, -0.1) is 0 Å². The minimum absolute atomic E-state index is 0.0833. The van der Waals surface area contributed by atoms with Gasteiger partial charge in [0.25, 0.3) is 0 Å². The molecule has 3 nitrogen and oxygen atoms in total. The zero-order valence-electron chi connectivity index (χ0n) is 7.11. The van der Waals surface area contributed by atoms with Crippen LogP contribution in [0.25, 0.3) is 0 Å². The molecule has 0 spiro atoms. The highest BCUT2D eigenvalue weighted by atomic mass is 19.1.